The Morgan fingerprint density at radius 1 is 0.864 bits per heavy atom. The maximum atomic E-state index is 13.8. The highest BCUT2D eigenvalue weighted by molar-refractivity contribution is 7.98. The minimum absolute atomic E-state index is 0.0111. The molecule has 4 atom stereocenters. The lowest BCUT2D eigenvalue weighted by Gasteiger charge is -2.25. The zero-order valence-electron chi connectivity index (χ0n) is 24.3. The Morgan fingerprint density at radius 2 is 1.55 bits per heavy atom. The average molecular weight is 620 g/mol. The maximum absolute atomic E-state index is 13.8. The van der Waals surface area contributed by atoms with Gasteiger partial charge in [-0.05, 0) is 42.0 Å². The van der Waals surface area contributed by atoms with Crippen LogP contribution in [0.3, 0.4) is 0 Å². The average Bonchev–Trinajstić information content (AvgIpc) is 3.69. The number of aliphatic carboxylic acids is 1. The Hall–Kier alpha value is -4.62. The van der Waals surface area contributed by atoms with E-state index in [0.717, 1.165) is 22.0 Å². The highest BCUT2D eigenvalue weighted by Crippen LogP contribution is 2.19. The molecule has 0 saturated heterocycles. The Labute approximate surface area is 259 Å². The van der Waals surface area contributed by atoms with Gasteiger partial charge >= 0.3 is 5.97 Å². The summed E-state index contributed by atoms with van der Waals surface area (Å²) in [5.74, 6) is -2.43. The fraction of sp³-hybridized carbons (Fsp3) is 0.323. The first kappa shape index (κ1) is 32.3. The van der Waals surface area contributed by atoms with Crippen LogP contribution in [0.15, 0.2) is 73.3 Å². The number of carbonyl (C=O) groups is 4. The number of aromatic amines is 2. The van der Waals surface area contributed by atoms with E-state index >= 15 is 0 Å². The van der Waals surface area contributed by atoms with Crippen molar-refractivity contribution in [2.45, 2.75) is 49.9 Å². The molecule has 0 saturated carbocycles. The minimum atomic E-state index is -1.24. The molecule has 0 aliphatic heterocycles. The topological polar surface area (TPSA) is 195 Å². The molecule has 0 spiro atoms. The van der Waals surface area contributed by atoms with Crippen molar-refractivity contribution in [2.24, 2.45) is 5.73 Å². The number of hydrogen-bond acceptors (Lipinski definition) is 7. The number of aromatic nitrogens is 3. The summed E-state index contributed by atoms with van der Waals surface area (Å²) >= 11 is 1.48. The van der Waals surface area contributed by atoms with E-state index in [1.807, 2.05) is 60.9 Å². The molecule has 13 heteroatoms. The van der Waals surface area contributed by atoms with Crippen LogP contribution in [-0.2, 0) is 38.4 Å². The van der Waals surface area contributed by atoms with Crippen LogP contribution in [0.2, 0.25) is 0 Å². The first-order valence-electron chi connectivity index (χ1n) is 14.2. The van der Waals surface area contributed by atoms with Crippen molar-refractivity contribution in [1.82, 2.24) is 30.9 Å². The summed E-state index contributed by atoms with van der Waals surface area (Å²) < 4.78 is 0. The van der Waals surface area contributed by atoms with Gasteiger partial charge in [-0.25, -0.2) is 9.78 Å². The van der Waals surface area contributed by atoms with E-state index in [0.29, 0.717) is 11.4 Å². The first-order chi connectivity index (χ1) is 21.2. The molecule has 3 amide bonds. The quantitative estimate of drug-likeness (QED) is 0.0981. The van der Waals surface area contributed by atoms with Crippen LogP contribution in [0, 0.1) is 0 Å². The van der Waals surface area contributed by atoms with Crippen LogP contribution in [-0.4, -0.2) is 79.9 Å². The van der Waals surface area contributed by atoms with Gasteiger partial charge in [0.1, 0.15) is 18.1 Å². The molecular weight excluding hydrogens is 582 g/mol. The fourth-order valence-corrected chi connectivity index (χ4v) is 5.31. The van der Waals surface area contributed by atoms with Gasteiger partial charge < -0.3 is 36.8 Å². The molecule has 232 valence electrons. The molecule has 2 aromatic heterocycles. The molecule has 4 aromatic rings. The standard InChI is InChI=1S/C31H37N7O5S/c1-44-12-11-25(29(40)38-27(31(42)43)15-21-17-33-18-35-21)36-30(41)26(14-20-16-34-24-10-6-5-9-22(20)24)37-28(39)23(32)13-19-7-3-2-4-8-19/h2-10,16-18,23,25-27,34H,11-15,32H2,1H3,(H,33,35)(H,36,41)(H,37,39)(H,38,40)(H,42,43). The lowest BCUT2D eigenvalue weighted by atomic mass is 10.0. The normalized spacial score (nSPS) is 13.9. The number of H-pyrrole nitrogens is 2. The summed E-state index contributed by atoms with van der Waals surface area (Å²) in [6, 6.07) is 12.7. The summed E-state index contributed by atoms with van der Waals surface area (Å²) in [5, 5.41) is 18.7. The molecule has 0 aliphatic rings. The van der Waals surface area contributed by atoms with Crippen molar-refractivity contribution >= 4 is 46.4 Å². The number of carboxylic acid groups (broad SMARTS) is 1. The van der Waals surface area contributed by atoms with E-state index in [-0.39, 0.29) is 25.7 Å². The molecule has 4 rings (SSSR count). The molecule has 12 nitrogen and oxygen atoms in total. The number of benzene rings is 2. The van der Waals surface area contributed by atoms with Gasteiger partial charge in [0, 0.05) is 41.8 Å². The van der Waals surface area contributed by atoms with Crippen LogP contribution in [0.1, 0.15) is 23.2 Å². The summed E-state index contributed by atoms with van der Waals surface area (Å²) in [5.41, 5.74) is 9.33. The second kappa shape index (κ2) is 15.7. The van der Waals surface area contributed by atoms with Crippen LogP contribution >= 0.6 is 11.8 Å². The number of carboxylic acids is 1. The number of amides is 3. The number of nitrogens with two attached hydrogens (primary N) is 1. The lowest BCUT2D eigenvalue weighted by Crippen LogP contribution is -2.58. The molecule has 4 unspecified atom stereocenters. The molecule has 0 fully saturated rings. The van der Waals surface area contributed by atoms with Gasteiger partial charge in [0.2, 0.25) is 17.7 Å². The van der Waals surface area contributed by atoms with E-state index in [9.17, 15) is 24.3 Å². The summed E-state index contributed by atoms with van der Waals surface area (Å²) in [6.45, 7) is 0. The number of imidazole rings is 1. The number of para-hydroxylation sites is 1. The van der Waals surface area contributed by atoms with Gasteiger partial charge in [-0.2, -0.15) is 11.8 Å². The third-order valence-corrected chi connectivity index (χ3v) is 7.85. The Kier molecular flexibility index (Phi) is 11.5. The SMILES string of the molecule is CSCCC(NC(=O)C(Cc1c[nH]c2ccccc12)NC(=O)C(N)Cc1ccccc1)C(=O)NC(Cc1cnc[nH]1)C(=O)O. The third kappa shape index (κ3) is 8.94. The molecular formula is C31H37N7O5S. The Morgan fingerprint density at radius 3 is 2.25 bits per heavy atom. The van der Waals surface area contributed by atoms with E-state index in [4.69, 9.17) is 5.73 Å². The smallest absolute Gasteiger partial charge is 0.326 e. The highest BCUT2D eigenvalue weighted by Gasteiger charge is 2.31. The highest BCUT2D eigenvalue weighted by atomic mass is 32.2. The monoisotopic (exact) mass is 619 g/mol. The molecule has 44 heavy (non-hydrogen) atoms. The first-order valence-corrected chi connectivity index (χ1v) is 15.6. The second-order valence-electron chi connectivity index (χ2n) is 10.4. The Balaban J connectivity index is 1.52. The van der Waals surface area contributed by atoms with Gasteiger partial charge in [-0.3, -0.25) is 14.4 Å². The molecule has 2 aromatic carbocycles. The van der Waals surface area contributed by atoms with Crippen LogP contribution in [0.5, 0.6) is 0 Å². The third-order valence-electron chi connectivity index (χ3n) is 7.20. The van der Waals surface area contributed by atoms with Gasteiger partial charge in [-0.1, -0.05) is 48.5 Å². The van der Waals surface area contributed by atoms with Gasteiger partial charge in [0.15, 0.2) is 0 Å². The minimum Gasteiger partial charge on any atom is -0.480 e. The number of rotatable bonds is 16. The molecule has 8 N–H and O–H groups in total. The van der Waals surface area contributed by atoms with Crippen LogP contribution < -0.4 is 21.7 Å². The van der Waals surface area contributed by atoms with E-state index in [2.05, 4.69) is 30.9 Å². The van der Waals surface area contributed by atoms with Gasteiger partial charge in [0.05, 0.1) is 12.4 Å². The maximum Gasteiger partial charge on any atom is 0.326 e. The summed E-state index contributed by atoms with van der Waals surface area (Å²) in [4.78, 5) is 62.2. The summed E-state index contributed by atoms with van der Waals surface area (Å²) in [6.07, 6.45) is 7.20. The molecule has 0 radical (unpaired) electrons. The van der Waals surface area contributed by atoms with Gasteiger partial charge in [-0.15, -0.1) is 0 Å². The van der Waals surface area contributed by atoms with E-state index < -0.39 is 47.9 Å². The van der Waals surface area contributed by atoms with Crippen molar-refractivity contribution in [2.75, 3.05) is 12.0 Å². The number of fused-ring (bicyclic) bond motifs is 1. The van der Waals surface area contributed by atoms with Crippen molar-refractivity contribution in [1.29, 1.82) is 0 Å². The van der Waals surface area contributed by atoms with Gasteiger partial charge in [0.25, 0.3) is 0 Å². The number of nitrogens with zero attached hydrogens (tertiary/aromatic N) is 1. The fourth-order valence-electron chi connectivity index (χ4n) is 4.83. The van der Waals surface area contributed by atoms with Crippen LogP contribution in [0.25, 0.3) is 10.9 Å². The number of nitrogens with one attached hydrogen (secondary N) is 5. The lowest BCUT2D eigenvalue weighted by molar-refractivity contribution is -0.142. The molecule has 0 aliphatic carbocycles. The van der Waals surface area contributed by atoms with Crippen LogP contribution in [0.4, 0.5) is 0 Å². The van der Waals surface area contributed by atoms with Crippen molar-refractivity contribution in [3.8, 4) is 0 Å². The number of thioether (sulfide) groups is 1. The zero-order valence-corrected chi connectivity index (χ0v) is 25.1. The van der Waals surface area contributed by atoms with Crippen molar-refractivity contribution in [3.05, 3.63) is 90.1 Å². The second-order valence-corrected chi connectivity index (χ2v) is 11.4. The molecule has 0 bridgehead atoms. The predicted octanol–water partition coefficient (Wildman–Crippen LogP) is 1.54. The summed E-state index contributed by atoms with van der Waals surface area (Å²) in [7, 11) is 0. The number of carbonyl (C=O) groups excluding carboxylic acids is 3. The van der Waals surface area contributed by atoms with E-state index in [1.54, 1.807) is 6.20 Å². The Bertz CT molecular complexity index is 1540. The van der Waals surface area contributed by atoms with Crippen molar-refractivity contribution in [3.63, 3.8) is 0 Å². The van der Waals surface area contributed by atoms with Crippen molar-refractivity contribution < 1.29 is 24.3 Å². The zero-order chi connectivity index (χ0) is 31.5. The predicted molar refractivity (Wildman–Crippen MR) is 169 cm³/mol. The van der Waals surface area contributed by atoms with E-state index in [1.165, 1.54) is 24.3 Å². The molecule has 2 heterocycles. The largest absolute Gasteiger partial charge is 0.480 e. The number of hydrogen-bond donors (Lipinski definition) is 7.